The lowest BCUT2D eigenvalue weighted by Gasteiger charge is -2.40. The number of rotatable bonds is 2. The number of carbonyl (C=O) groups excluding carboxylic acids is 1. The number of piperidine rings is 1. The van der Waals surface area contributed by atoms with Crippen molar-refractivity contribution in [3.05, 3.63) is 0 Å². The summed E-state index contributed by atoms with van der Waals surface area (Å²) >= 11 is 0. The average Bonchev–Trinajstić information content (AvgIpc) is 2.88. The van der Waals surface area contributed by atoms with Crippen LogP contribution >= 0.6 is 0 Å². The van der Waals surface area contributed by atoms with Gasteiger partial charge in [-0.05, 0) is 56.3 Å². The van der Waals surface area contributed by atoms with Crippen molar-refractivity contribution in [2.24, 2.45) is 17.1 Å². The van der Waals surface area contributed by atoms with Crippen molar-refractivity contribution in [3.63, 3.8) is 0 Å². The van der Waals surface area contributed by atoms with Crippen molar-refractivity contribution >= 4 is 5.91 Å². The van der Waals surface area contributed by atoms with Crippen LogP contribution in [0.3, 0.4) is 0 Å². The number of hydrogen-bond donors (Lipinski definition) is 1. The van der Waals surface area contributed by atoms with E-state index in [-0.39, 0.29) is 0 Å². The highest BCUT2D eigenvalue weighted by Crippen LogP contribution is 2.46. The monoisotopic (exact) mass is 278 g/mol. The molecule has 2 aliphatic carbocycles. The first-order valence-corrected chi connectivity index (χ1v) is 8.70. The van der Waals surface area contributed by atoms with Crippen LogP contribution in [-0.4, -0.2) is 29.9 Å². The highest BCUT2D eigenvalue weighted by molar-refractivity contribution is 5.76. The molecule has 3 aliphatic rings. The minimum Gasteiger partial charge on any atom is -0.343 e. The summed E-state index contributed by atoms with van der Waals surface area (Å²) in [5, 5.41) is 0. The molecule has 1 saturated heterocycles. The van der Waals surface area contributed by atoms with Gasteiger partial charge in [-0.1, -0.05) is 19.3 Å². The standard InChI is InChI=1S/C17H30N2O/c18-15-5-3-4-14(12-15)13-16(20)19-10-8-17(9-11-19)6-1-2-7-17/h14-15H,1-13,18H2. The summed E-state index contributed by atoms with van der Waals surface area (Å²) in [6, 6.07) is 0.338. The second-order valence-electron chi connectivity index (χ2n) is 7.58. The fourth-order valence-corrected chi connectivity index (χ4v) is 4.75. The van der Waals surface area contributed by atoms with Crippen molar-refractivity contribution in [2.45, 2.75) is 76.7 Å². The summed E-state index contributed by atoms with van der Waals surface area (Å²) in [7, 11) is 0. The zero-order valence-corrected chi connectivity index (χ0v) is 12.8. The SMILES string of the molecule is NC1CCCC(CC(=O)N2CCC3(CCCC3)CC2)C1. The molecule has 3 fully saturated rings. The van der Waals surface area contributed by atoms with Gasteiger partial charge in [0, 0.05) is 25.6 Å². The Morgan fingerprint density at radius 2 is 1.75 bits per heavy atom. The number of nitrogens with zero attached hydrogens (tertiary/aromatic N) is 1. The van der Waals surface area contributed by atoms with Crippen LogP contribution in [-0.2, 0) is 4.79 Å². The summed E-state index contributed by atoms with van der Waals surface area (Å²) in [4.78, 5) is 14.6. The molecule has 1 spiro atoms. The third-order valence-electron chi connectivity index (χ3n) is 6.13. The zero-order chi connectivity index (χ0) is 14.0. The molecule has 2 saturated carbocycles. The van der Waals surface area contributed by atoms with Gasteiger partial charge in [-0.25, -0.2) is 0 Å². The minimum atomic E-state index is 0.338. The van der Waals surface area contributed by atoms with Crippen molar-refractivity contribution in [1.29, 1.82) is 0 Å². The quantitative estimate of drug-likeness (QED) is 0.843. The van der Waals surface area contributed by atoms with E-state index in [4.69, 9.17) is 5.73 Å². The van der Waals surface area contributed by atoms with E-state index in [0.29, 0.717) is 23.3 Å². The van der Waals surface area contributed by atoms with Crippen LogP contribution in [0.1, 0.15) is 70.6 Å². The Morgan fingerprint density at radius 1 is 1.05 bits per heavy atom. The van der Waals surface area contributed by atoms with Gasteiger partial charge in [0.1, 0.15) is 0 Å². The van der Waals surface area contributed by atoms with Crippen LogP contribution in [0.4, 0.5) is 0 Å². The maximum absolute atomic E-state index is 12.5. The van der Waals surface area contributed by atoms with Gasteiger partial charge in [0.15, 0.2) is 0 Å². The van der Waals surface area contributed by atoms with Crippen molar-refractivity contribution in [3.8, 4) is 0 Å². The predicted octanol–water partition coefficient (Wildman–Crippen LogP) is 3.08. The fourth-order valence-electron chi connectivity index (χ4n) is 4.75. The zero-order valence-electron chi connectivity index (χ0n) is 12.8. The van der Waals surface area contributed by atoms with Gasteiger partial charge in [-0.3, -0.25) is 4.79 Å². The van der Waals surface area contributed by atoms with E-state index >= 15 is 0 Å². The number of nitrogens with two attached hydrogens (primary N) is 1. The molecule has 0 aromatic carbocycles. The molecule has 0 aromatic rings. The molecule has 3 rings (SSSR count). The normalized spacial score (nSPS) is 33.5. The Morgan fingerprint density at radius 3 is 2.40 bits per heavy atom. The maximum atomic E-state index is 12.5. The van der Waals surface area contributed by atoms with Gasteiger partial charge >= 0.3 is 0 Å². The van der Waals surface area contributed by atoms with Crippen LogP contribution in [0, 0.1) is 11.3 Å². The third kappa shape index (κ3) is 3.19. The first-order valence-electron chi connectivity index (χ1n) is 8.70. The van der Waals surface area contributed by atoms with Crippen LogP contribution in [0.25, 0.3) is 0 Å². The van der Waals surface area contributed by atoms with Crippen LogP contribution in [0.15, 0.2) is 0 Å². The van der Waals surface area contributed by atoms with E-state index in [1.165, 1.54) is 51.4 Å². The van der Waals surface area contributed by atoms with Crippen molar-refractivity contribution in [1.82, 2.24) is 4.90 Å². The van der Waals surface area contributed by atoms with Crippen LogP contribution in [0.5, 0.6) is 0 Å². The van der Waals surface area contributed by atoms with Gasteiger partial charge in [-0.15, -0.1) is 0 Å². The Labute approximate surface area is 123 Å². The first kappa shape index (κ1) is 14.4. The second kappa shape index (κ2) is 6.05. The van der Waals surface area contributed by atoms with Gasteiger partial charge in [0.2, 0.25) is 5.91 Å². The lowest BCUT2D eigenvalue weighted by molar-refractivity contribution is -0.134. The molecular formula is C17H30N2O. The molecule has 0 aromatic heterocycles. The van der Waals surface area contributed by atoms with Gasteiger partial charge in [-0.2, -0.15) is 0 Å². The average molecular weight is 278 g/mol. The Kier molecular flexibility index (Phi) is 4.34. The van der Waals surface area contributed by atoms with E-state index < -0.39 is 0 Å². The van der Waals surface area contributed by atoms with Crippen molar-refractivity contribution in [2.75, 3.05) is 13.1 Å². The molecule has 2 atom stereocenters. The van der Waals surface area contributed by atoms with E-state index in [9.17, 15) is 4.79 Å². The number of carbonyl (C=O) groups is 1. The Balaban J connectivity index is 1.46. The van der Waals surface area contributed by atoms with Gasteiger partial charge < -0.3 is 10.6 Å². The summed E-state index contributed by atoms with van der Waals surface area (Å²) in [6.45, 7) is 2.02. The molecule has 1 aliphatic heterocycles. The molecule has 20 heavy (non-hydrogen) atoms. The van der Waals surface area contributed by atoms with E-state index in [0.717, 1.165) is 32.4 Å². The lowest BCUT2D eigenvalue weighted by Crippen LogP contribution is -2.43. The number of hydrogen-bond acceptors (Lipinski definition) is 2. The van der Waals surface area contributed by atoms with Crippen LogP contribution in [0.2, 0.25) is 0 Å². The first-order chi connectivity index (χ1) is 9.67. The predicted molar refractivity (Wildman–Crippen MR) is 81.3 cm³/mol. The summed E-state index contributed by atoms with van der Waals surface area (Å²) < 4.78 is 0. The summed E-state index contributed by atoms with van der Waals surface area (Å²) in [5.74, 6) is 0.950. The topological polar surface area (TPSA) is 46.3 Å². The van der Waals surface area contributed by atoms with Crippen LogP contribution < -0.4 is 5.73 Å². The Hall–Kier alpha value is -0.570. The minimum absolute atomic E-state index is 0.338. The molecule has 1 heterocycles. The molecule has 3 nitrogen and oxygen atoms in total. The second-order valence-corrected chi connectivity index (χ2v) is 7.58. The molecule has 2 N–H and O–H groups in total. The highest BCUT2D eigenvalue weighted by Gasteiger charge is 2.38. The number of likely N-dealkylation sites (tertiary alicyclic amines) is 1. The lowest BCUT2D eigenvalue weighted by atomic mass is 9.77. The molecule has 0 bridgehead atoms. The summed E-state index contributed by atoms with van der Waals surface area (Å²) in [5.41, 5.74) is 6.65. The van der Waals surface area contributed by atoms with Gasteiger partial charge in [0.25, 0.3) is 0 Å². The maximum Gasteiger partial charge on any atom is 0.222 e. The molecular weight excluding hydrogens is 248 g/mol. The van der Waals surface area contributed by atoms with Gasteiger partial charge in [0.05, 0.1) is 0 Å². The highest BCUT2D eigenvalue weighted by atomic mass is 16.2. The molecule has 114 valence electrons. The van der Waals surface area contributed by atoms with E-state index in [1.54, 1.807) is 0 Å². The number of amides is 1. The molecule has 1 amide bonds. The van der Waals surface area contributed by atoms with Crippen molar-refractivity contribution < 1.29 is 4.79 Å². The molecule has 2 unspecified atom stereocenters. The summed E-state index contributed by atoms with van der Waals surface area (Å²) in [6.07, 6.45) is 13.5. The van der Waals surface area contributed by atoms with E-state index in [1.807, 2.05) is 0 Å². The fraction of sp³-hybridized carbons (Fsp3) is 0.941. The Bertz CT molecular complexity index is 339. The molecule has 0 radical (unpaired) electrons. The smallest absolute Gasteiger partial charge is 0.222 e. The van der Waals surface area contributed by atoms with E-state index in [2.05, 4.69) is 4.90 Å². The third-order valence-corrected chi connectivity index (χ3v) is 6.13. The molecule has 3 heteroatoms. The largest absolute Gasteiger partial charge is 0.343 e.